The summed E-state index contributed by atoms with van der Waals surface area (Å²) in [5.74, 6) is -5.46. The predicted octanol–water partition coefficient (Wildman–Crippen LogP) is 6.42. The molecule has 2 N–H and O–H groups in total. The van der Waals surface area contributed by atoms with Gasteiger partial charge in [0.15, 0.2) is 24.6 Å². The van der Waals surface area contributed by atoms with Gasteiger partial charge in [0.25, 0.3) is 0 Å². The van der Waals surface area contributed by atoms with E-state index in [1.165, 1.54) is 48.5 Å². The molecule has 0 aliphatic carbocycles. The topological polar surface area (TPSA) is 238 Å². The second kappa shape index (κ2) is 27.9. The monoisotopic (exact) mass is 1070 g/mol. The SMILES string of the molecule is CC(C)(C)OC(=O)N(CCC(=O)OCC(Cl)(Cl)Cl)CC(=O)NCCC(=O)NCCO[C@@H]1O[C@H](COC(=O)c2ccccc2)[C@H](OC(=O)c2ccccc2)[C@H](OC(=O)c2ccccc2)[C@H]1OC(=O)c1ccccc1. The first-order valence-electron chi connectivity index (χ1n) is 22.8. The number of carbonyl (C=O) groups is 8. The van der Waals surface area contributed by atoms with E-state index < -0.39 is 108 Å². The van der Waals surface area contributed by atoms with Gasteiger partial charge >= 0.3 is 35.9 Å². The van der Waals surface area contributed by atoms with Crippen LogP contribution in [0.15, 0.2) is 121 Å². The number of benzene rings is 4. The molecule has 0 saturated carbocycles. The Bertz CT molecular complexity index is 2480. The highest BCUT2D eigenvalue weighted by atomic mass is 35.6. The third-order valence-electron chi connectivity index (χ3n) is 10.1. The fourth-order valence-electron chi connectivity index (χ4n) is 6.68. The first kappa shape index (κ1) is 57.1. The molecule has 0 radical (unpaired) electrons. The van der Waals surface area contributed by atoms with Crippen LogP contribution in [0.1, 0.15) is 75.0 Å². The van der Waals surface area contributed by atoms with Gasteiger partial charge in [-0.25, -0.2) is 24.0 Å². The maximum absolute atomic E-state index is 13.9. The minimum absolute atomic E-state index is 0.0934. The number of esters is 5. The van der Waals surface area contributed by atoms with E-state index >= 15 is 0 Å². The van der Waals surface area contributed by atoms with Gasteiger partial charge in [0.05, 0.1) is 35.3 Å². The molecule has 1 saturated heterocycles. The van der Waals surface area contributed by atoms with Crippen LogP contribution in [-0.4, -0.2) is 139 Å². The number of nitrogens with one attached hydrogen (secondary N) is 2. The highest BCUT2D eigenvalue weighted by Crippen LogP contribution is 2.32. The Hall–Kier alpha value is -6.77. The third-order valence-corrected chi connectivity index (χ3v) is 10.4. The molecule has 5 atom stereocenters. The van der Waals surface area contributed by atoms with E-state index in [9.17, 15) is 38.4 Å². The van der Waals surface area contributed by atoms with Gasteiger partial charge in [-0.15, -0.1) is 0 Å². The molecular formula is C51H54Cl3N3O16. The second-order valence-corrected chi connectivity index (χ2v) is 19.5. The average molecular weight is 1070 g/mol. The minimum Gasteiger partial charge on any atom is -0.461 e. The van der Waals surface area contributed by atoms with Crippen molar-refractivity contribution in [2.45, 2.75) is 73.7 Å². The van der Waals surface area contributed by atoms with Gasteiger partial charge < -0.3 is 48.5 Å². The third kappa shape index (κ3) is 19.6. The summed E-state index contributed by atoms with van der Waals surface area (Å²) >= 11 is 16.9. The summed E-state index contributed by atoms with van der Waals surface area (Å²) in [6.45, 7) is 2.24. The van der Waals surface area contributed by atoms with Crippen molar-refractivity contribution in [1.29, 1.82) is 0 Å². The summed E-state index contributed by atoms with van der Waals surface area (Å²) in [5, 5.41) is 5.18. The summed E-state index contributed by atoms with van der Waals surface area (Å²) in [6.07, 6.45) is -9.45. The van der Waals surface area contributed by atoms with Gasteiger partial charge in [0, 0.05) is 26.1 Å². The molecule has 0 bridgehead atoms. The Morgan fingerprint density at radius 2 is 1.04 bits per heavy atom. The highest BCUT2D eigenvalue weighted by molar-refractivity contribution is 6.67. The largest absolute Gasteiger partial charge is 0.461 e. The highest BCUT2D eigenvalue weighted by Gasteiger charge is 2.53. The number of rotatable bonds is 22. The lowest BCUT2D eigenvalue weighted by molar-refractivity contribution is -0.297. The summed E-state index contributed by atoms with van der Waals surface area (Å²) < 4.78 is 44.6. The van der Waals surface area contributed by atoms with Gasteiger partial charge in [-0.1, -0.05) is 108 Å². The van der Waals surface area contributed by atoms with Crippen LogP contribution in [0.2, 0.25) is 0 Å². The number of ether oxygens (including phenoxy) is 8. The second-order valence-electron chi connectivity index (χ2n) is 17.0. The molecule has 4 aromatic rings. The maximum Gasteiger partial charge on any atom is 0.410 e. The fourth-order valence-corrected chi connectivity index (χ4v) is 6.85. The zero-order chi connectivity index (χ0) is 53.0. The van der Waals surface area contributed by atoms with Gasteiger partial charge in [-0.05, 0) is 69.3 Å². The van der Waals surface area contributed by atoms with Crippen molar-refractivity contribution in [2.75, 3.05) is 46.0 Å². The Kier molecular flexibility index (Phi) is 21.8. The van der Waals surface area contributed by atoms with Crippen molar-refractivity contribution in [1.82, 2.24) is 15.5 Å². The zero-order valence-corrected chi connectivity index (χ0v) is 42.2. The molecule has 1 fully saturated rings. The van der Waals surface area contributed by atoms with E-state index in [4.69, 9.17) is 72.7 Å². The van der Waals surface area contributed by atoms with Crippen molar-refractivity contribution >= 4 is 82.6 Å². The number of alkyl halides is 3. The molecule has 73 heavy (non-hydrogen) atoms. The van der Waals surface area contributed by atoms with Crippen LogP contribution >= 0.6 is 34.8 Å². The Morgan fingerprint density at radius 1 is 0.575 bits per heavy atom. The standard InChI is InChI=1S/C51H54Cl3N3O16/c1-50(2,3)73-49(65)57(28-25-40(60)68-32-51(52,53)54)30-39(59)55-26-24-38(58)56-27-29-66-48-43(72-47(64)36-22-14-7-15-23-36)42(71-46(63)35-20-12-6-13-21-35)41(70-45(62)34-18-10-5-11-19-34)37(69-48)31-67-44(61)33-16-8-4-9-17-33/h4-23,37,41-43,48H,24-32H2,1-3H3,(H,55,59)(H,56,58)/t37-,41+,42+,43-,48-/m1/s1. The maximum atomic E-state index is 13.9. The summed E-state index contributed by atoms with van der Waals surface area (Å²) in [5.41, 5.74) is -0.439. The van der Waals surface area contributed by atoms with E-state index in [1.54, 1.807) is 93.6 Å². The van der Waals surface area contributed by atoms with Crippen LogP contribution in [0.5, 0.6) is 0 Å². The van der Waals surface area contributed by atoms with Crippen LogP contribution in [0.3, 0.4) is 0 Å². The Labute approximate surface area is 435 Å². The Balaban J connectivity index is 1.30. The minimum atomic E-state index is -1.85. The van der Waals surface area contributed by atoms with Crippen LogP contribution < -0.4 is 10.6 Å². The normalized spacial score (nSPS) is 17.4. The summed E-state index contributed by atoms with van der Waals surface area (Å²) in [6, 6.07) is 31.6. The molecule has 0 spiro atoms. The summed E-state index contributed by atoms with van der Waals surface area (Å²) in [4.78, 5) is 107. The molecule has 4 aromatic carbocycles. The van der Waals surface area contributed by atoms with E-state index in [0.717, 1.165) is 4.90 Å². The lowest BCUT2D eigenvalue weighted by Crippen LogP contribution is -2.63. The lowest BCUT2D eigenvalue weighted by Gasteiger charge is -2.44. The molecule has 1 aliphatic heterocycles. The lowest BCUT2D eigenvalue weighted by atomic mass is 9.97. The smallest absolute Gasteiger partial charge is 0.410 e. The van der Waals surface area contributed by atoms with Crippen LogP contribution in [0.25, 0.3) is 0 Å². The Morgan fingerprint density at radius 3 is 1.53 bits per heavy atom. The molecule has 22 heteroatoms. The summed E-state index contributed by atoms with van der Waals surface area (Å²) in [7, 11) is 0. The van der Waals surface area contributed by atoms with Crippen LogP contribution in [-0.2, 0) is 52.3 Å². The predicted molar refractivity (Wildman–Crippen MR) is 263 cm³/mol. The molecule has 1 heterocycles. The molecule has 5 rings (SSSR count). The van der Waals surface area contributed by atoms with E-state index in [-0.39, 0.29) is 61.3 Å². The average Bonchev–Trinajstić information content (AvgIpc) is 3.36. The van der Waals surface area contributed by atoms with Crippen LogP contribution in [0, 0.1) is 0 Å². The number of hydrogen-bond donors (Lipinski definition) is 2. The number of amides is 3. The van der Waals surface area contributed by atoms with E-state index in [2.05, 4.69) is 10.6 Å². The molecule has 3 amide bonds. The molecule has 1 aliphatic rings. The van der Waals surface area contributed by atoms with Crippen molar-refractivity contribution in [3.8, 4) is 0 Å². The molecule has 19 nitrogen and oxygen atoms in total. The number of hydrogen-bond acceptors (Lipinski definition) is 16. The number of halogens is 3. The molecule has 390 valence electrons. The van der Waals surface area contributed by atoms with Gasteiger partial charge in [0.2, 0.25) is 15.6 Å². The van der Waals surface area contributed by atoms with E-state index in [1.807, 2.05) is 0 Å². The van der Waals surface area contributed by atoms with Crippen molar-refractivity contribution in [3.63, 3.8) is 0 Å². The zero-order valence-electron chi connectivity index (χ0n) is 39.9. The van der Waals surface area contributed by atoms with Crippen molar-refractivity contribution < 1.29 is 76.3 Å². The van der Waals surface area contributed by atoms with Crippen molar-refractivity contribution in [2.24, 2.45) is 0 Å². The van der Waals surface area contributed by atoms with Crippen molar-refractivity contribution in [3.05, 3.63) is 144 Å². The quantitative estimate of drug-likeness (QED) is 0.0373. The van der Waals surface area contributed by atoms with Gasteiger partial charge in [-0.2, -0.15) is 0 Å². The molecular weight excluding hydrogens is 1020 g/mol. The molecule has 0 unspecified atom stereocenters. The van der Waals surface area contributed by atoms with Crippen LogP contribution in [0.4, 0.5) is 4.79 Å². The first-order chi connectivity index (χ1) is 34.8. The fraction of sp³-hybridized carbons (Fsp3) is 0.373. The number of nitrogens with zero attached hydrogens (tertiary/aromatic N) is 1. The van der Waals surface area contributed by atoms with Gasteiger partial charge in [0.1, 0.15) is 31.5 Å². The molecule has 0 aromatic heterocycles. The first-order valence-corrected chi connectivity index (χ1v) is 23.9. The van der Waals surface area contributed by atoms with E-state index in [0.29, 0.717) is 0 Å². The van der Waals surface area contributed by atoms with Gasteiger partial charge in [-0.3, -0.25) is 19.3 Å². The number of carbonyl (C=O) groups excluding carboxylic acids is 8.